The van der Waals surface area contributed by atoms with Crippen LogP contribution in [0, 0.1) is 0 Å². The van der Waals surface area contributed by atoms with Gasteiger partial charge in [0, 0.05) is 6.21 Å². The molecule has 0 aromatic carbocycles. The van der Waals surface area contributed by atoms with E-state index in [0.717, 1.165) is 0 Å². The summed E-state index contributed by atoms with van der Waals surface area (Å²) in [6, 6.07) is 0. The van der Waals surface area contributed by atoms with E-state index in [1.54, 1.807) is 18.0 Å². The van der Waals surface area contributed by atoms with Gasteiger partial charge in [-0.05, 0) is 6.08 Å². The fraction of sp³-hybridized carbons (Fsp3) is 0.429. The van der Waals surface area contributed by atoms with Crippen molar-refractivity contribution in [3.8, 4) is 0 Å². The van der Waals surface area contributed by atoms with E-state index in [4.69, 9.17) is 0 Å². The first-order valence-corrected chi connectivity index (χ1v) is 4.52. The van der Waals surface area contributed by atoms with Gasteiger partial charge in [0.05, 0.1) is 11.0 Å². The normalized spacial score (nSPS) is 34.7. The minimum atomic E-state index is -0.0220. The summed E-state index contributed by atoms with van der Waals surface area (Å²) in [7, 11) is 0. The van der Waals surface area contributed by atoms with E-state index < -0.39 is 0 Å². The quantitative estimate of drug-likeness (QED) is 0.561. The molecule has 3 nitrogen and oxygen atoms in total. The van der Waals surface area contributed by atoms with Crippen molar-refractivity contribution >= 4 is 23.9 Å². The van der Waals surface area contributed by atoms with Gasteiger partial charge in [0.2, 0.25) is 5.91 Å². The van der Waals surface area contributed by atoms with Gasteiger partial charge in [-0.25, -0.2) is 0 Å². The van der Waals surface area contributed by atoms with Crippen LogP contribution >= 0.6 is 11.8 Å². The molecule has 1 N–H and O–H groups in total. The highest BCUT2D eigenvalue weighted by molar-refractivity contribution is 8.00. The number of fused-ring (bicyclic) bond motifs is 1. The number of carbonyl (C=O) groups excluding carboxylic acids is 1. The van der Waals surface area contributed by atoms with Crippen LogP contribution in [0.3, 0.4) is 0 Å². The fourth-order valence-corrected chi connectivity index (χ4v) is 2.09. The Bertz CT molecular complexity index is 237. The summed E-state index contributed by atoms with van der Waals surface area (Å²) in [6.07, 6.45) is 5.70. The molecule has 11 heavy (non-hydrogen) atoms. The minimum Gasteiger partial charge on any atom is -0.332 e. The van der Waals surface area contributed by atoms with Crippen LogP contribution < -0.4 is 5.32 Å². The predicted octanol–water partition coefficient (Wildman–Crippen LogP) is 0.185. The van der Waals surface area contributed by atoms with Crippen molar-refractivity contribution in [3.05, 3.63) is 12.2 Å². The molecule has 0 saturated carbocycles. The van der Waals surface area contributed by atoms with E-state index in [2.05, 4.69) is 16.4 Å². The van der Waals surface area contributed by atoms with Crippen LogP contribution in [0.15, 0.2) is 17.1 Å². The minimum absolute atomic E-state index is 0.0220. The zero-order valence-electron chi connectivity index (χ0n) is 5.86. The summed E-state index contributed by atoms with van der Waals surface area (Å²) in [5, 5.41) is 3.15. The maximum absolute atomic E-state index is 10.9. The Balaban J connectivity index is 2.12. The number of hydrogen-bond donors (Lipinski definition) is 1. The van der Waals surface area contributed by atoms with Crippen LogP contribution in [0.5, 0.6) is 0 Å². The van der Waals surface area contributed by atoms with E-state index in [9.17, 15) is 4.79 Å². The summed E-state index contributed by atoms with van der Waals surface area (Å²) in [5.41, 5.74) is 0. The van der Waals surface area contributed by atoms with Crippen molar-refractivity contribution in [1.82, 2.24) is 5.32 Å². The molecule has 1 fully saturated rings. The van der Waals surface area contributed by atoms with Crippen molar-refractivity contribution < 1.29 is 4.79 Å². The largest absolute Gasteiger partial charge is 0.332 e. The molecule has 2 aliphatic heterocycles. The number of thioether (sulfide) groups is 1. The molecule has 4 heteroatoms. The van der Waals surface area contributed by atoms with Crippen molar-refractivity contribution in [2.24, 2.45) is 4.99 Å². The highest BCUT2D eigenvalue weighted by Crippen LogP contribution is 2.22. The lowest BCUT2D eigenvalue weighted by Crippen LogP contribution is -2.46. The van der Waals surface area contributed by atoms with Crippen LogP contribution in [0.25, 0.3) is 0 Å². The molecule has 2 unspecified atom stereocenters. The summed E-state index contributed by atoms with van der Waals surface area (Å²) in [4.78, 5) is 15.0. The molecular weight excluding hydrogens is 160 g/mol. The van der Waals surface area contributed by atoms with Gasteiger partial charge in [0.15, 0.2) is 0 Å². The molecule has 0 radical (unpaired) electrons. The average molecular weight is 168 g/mol. The van der Waals surface area contributed by atoms with Gasteiger partial charge >= 0.3 is 0 Å². The third-order valence-corrected chi connectivity index (χ3v) is 2.89. The number of allylic oxidation sites excluding steroid dienone is 1. The Morgan fingerprint density at radius 3 is 3.55 bits per heavy atom. The molecule has 2 atom stereocenters. The predicted molar refractivity (Wildman–Crippen MR) is 45.8 cm³/mol. The molecule has 1 saturated heterocycles. The number of nitrogens with one attached hydrogen (secondary N) is 1. The zero-order valence-corrected chi connectivity index (χ0v) is 6.67. The lowest BCUT2D eigenvalue weighted by atomic mass is 10.2. The third kappa shape index (κ3) is 1.30. The first-order chi connectivity index (χ1) is 5.36. The summed E-state index contributed by atoms with van der Waals surface area (Å²) in [6.45, 7) is 0. The van der Waals surface area contributed by atoms with Crippen molar-refractivity contribution in [3.63, 3.8) is 0 Å². The molecule has 2 rings (SSSR count). The molecule has 58 valence electrons. The maximum Gasteiger partial charge on any atom is 0.231 e. The van der Waals surface area contributed by atoms with Gasteiger partial charge in [-0.3, -0.25) is 9.79 Å². The molecule has 2 heterocycles. The lowest BCUT2D eigenvalue weighted by Gasteiger charge is -2.27. The number of rotatable bonds is 0. The summed E-state index contributed by atoms with van der Waals surface area (Å²) < 4.78 is 0. The van der Waals surface area contributed by atoms with Crippen molar-refractivity contribution in [2.75, 3.05) is 5.75 Å². The Morgan fingerprint density at radius 1 is 1.73 bits per heavy atom. The van der Waals surface area contributed by atoms with Crippen LogP contribution in [0.2, 0.25) is 0 Å². The van der Waals surface area contributed by atoms with E-state index >= 15 is 0 Å². The second-order valence-electron chi connectivity index (χ2n) is 2.47. The Morgan fingerprint density at radius 2 is 2.64 bits per heavy atom. The van der Waals surface area contributed by atoms with E-state index in [-0.39, 0.29) is 12.1 Å². The Labute approximate surface area is 69.0 Å². The van der Waals surface area contributed by atoms with Crippen LogP contribution in [0.1, 0.15) is 0 Å². The maximum atomic E-state index is 10.9. The van der Waals surface area contributed by atoms with Gasteiger partial charge in [-0.1, -0.05) is 6.08 Å². The molecule has 0 aliphatic carbocycles. The highest BCUT2D eigenvalue weighted by Gasteiger charge is 2.27. The first kappa shape index (κ1) is 6.91. The monoisotopic (exact) mass is 168 g/mol. The zero-order chi connectivity index (χ0) is 7.68. The standard InChI is InChI=1S/C7H8N2OS/c10-6-4-11-5-2-1-3-8-7(5)9-6/h1-3,5,7H,4H2,(H,9,10). The van der Waals surface area contributed by atoms with Crippen LogP contribution in [-0.2, 0) is 4.79 Å². The van der Waals surface area contributed by atoms with Crippen molar-refractivity contribution in [2.45, 2.75) is 11.4 Å². The summed E-state index contributed by atoms with van der Waals surface area (Å²) >= 11 is 1.64. The van der Waals surface area contributed by atoms with Gasteiger partial charge in [0.1, 0.15) is 6.17 Å². The number of carbonyl (C=O) groups is 1. The highest BCUT2D eigenvalue weighted by atomic mass is 32.2. The molecule has 0 spiro atoms. The van der Waals surface area contributed by atoms with E-state index in [0.29, 0.717) is 11.0 Å². The van der Waals surface area contributed by atoms with Gasteiger partial charge in [-0.2, -0.15) is 0 Å². The summed E-state index contributed by atoms with van der Waals surface area (Å²) in [5.74, 6) is 0.643. The molecule has 0 bridgehead atoms. The average Bonchev–Trinajstić information content (AvgIpc) is 2.04. The Hall–Kier alpha value is -0.770. The molecule has 1 amide bonds. The van der Waals surface area contributed by atoms with Gasteiger partial charge in [0.25, 0.3) is 0 Å². The third-order valence-electron chi connectivity index (χ3n) is 1.66. The van der Waals surface area contributed by atoms with Crippen LogP contribution in [-0.4, -0.2) is 29.3 Å². The van der Waals surface area contributed by atoms with Crippen LogP contribution in [0.4, 0.5) is 0 Å². The number of nitrogens with zero attached hydrogens (tertiary/aromatic N) is 1. The SMILES string of the molecule is O=C1CSC2C=CC=NC2N1. The first-order valence-electron chi connectivity index (χ1n) is 3.47. The Kier molecular flexibility index (Phi) is 1.69. The number of hydrogen-bond acceptors (Lipinski definition) is 3. The molecule has 0 aromatic heterocycles. The molecular formula is C7H8N2OS. The van der Waals surface area contributed by atoms with Gasteiger partial charge in [-0.15, -0.1) is 11.8 Å². The molecule has 0 aromatic rings. The van der Waals surface area contributed by atoms with Gasteiger partial charge < -0.3 is 5.32 Å². The van der Waals surface area contributed by atoms with E-state index in [1.807, 2.05) is 6.08 Å². The number of amides is 1. The second kappa shape index (κ2) is 2.70. The second-order valence-corrected chi connectivity index (χ2v) is 3.64. The van der Waals surface area contributed by atoms with Crippen molar-refractivity contribution in [1.29, 1.82) is 0 Å². The molecule has 2 aliphatic rings. The smallest absolute Gasteiger partial charge is 0.231 e. The fourth-order valence-electron chi connectivity index (χ4n) is 1.14. The lowest BCUT2D eigenvalue weighted by molar-refractivity contribution is -0.119. The number of dihydropyridines is 1. The topological polar surface area (TPSA) is 41.5 Å². The number of aliphatic imine (C=N–C) groups is 1. The van der Waals surface area contributed by atoms with E-state index in [1.165, 1.54) is 0 Å².